The maximum Gasteiger partial charge on any atom is 0.170 e. The Bertz CT molecular complexity index is 2980. The van der Waals surface area contributed by atoms with E-state index >= 15 is 0 Å². The van der Waals surface area contributed by atoms with Gasteiger partial charge in [-0.15, -0.1) is 0 Å². The Kier molecular flexibility index (Phi) is 6.81. The van der Waals surface area contributed by atoms with E-state index in [2.05, 4.69) is 133 Å². The summed E-state index contributed by atoms with van der Waals surface area (Å²) < 4.78 is 13.1. The van der Waals surface area contributed by atoms with Crippen molar-refractivity contribution in [2.75, 3.05) is 0 Å². The standard InChI is InChI=1S/C53H32N2O2/c1-3-14-33(15-4-1)46-32-47(55-52(54-46)34-16-5-2-6-17-34)37-19-13-18-35(28-37)36-26-27-40-41-30-50-51(57-49-25-12-11-24-48(49)56-50)31-45(41)53(44(40)29-36)42-22-9-7-20-38(42)39-21-8-10-23-43(39)53/h1-32H. The molecule has 8 aromatic carbocycles. The first-order valence-electron chi connectivity index (χ1n) is 19.3. The maximum absolute atomic E-state index is 6.57. The van der Waals surface area contributed by atoms with Crippen molar-refractivity contribution in [2.24, 2.45) is 0 Å². The van der Waals surface area contributed by atoms with Gasteiger partial charge in [0, 0.05) is 16.7 Å². The third-order valence-corrected chi connectivity index (χ3v) is 11.8. The highest BCUT2D eigenvalue weighted by Gasteiger charge is 2.52. The molecule has 0 bridgehead atoms. The van der Waals surface area contributed by atoms with Gasteiger partial charge in [-0.2, -0.15) is 0 Å². The summed E-state index contributed by atoms with van der Waals surface area (Å²) in [6, 6.07) is 68.4. The van der Waals surface area contributed by atoms with Crippen LogP contribution in [0.25, 0.3) is 67.3 Å². The molecule has 0 fully saturated rings. The average molecular weight is 729 g/mol. The number of fused-ring (bicyclic) bond motifs is 12. The van der Waals surface area contributed by atoms with E-state index in [1.54, 1.807) is 0 Å². The molecule has 4 nitrogen and oxygen atoms in total. The van der Waals surface area contributed by atoms with Crippen LogP contribution in [0.2, 0.25) is 0 Å². The molecule has 2 aliphatic carbocycles. The van der Waals surface area contributed by atoms with Gasteiger partial charge in [-0.1, -0.05) is 152 Å². The SMILES string of the molecule is c1ccc(-c2cc(-c3cccc(-c4ccc5c(c4)C4(c6ccccc6-c6ccccc64)c4cc6c(cc4-5)Oc4ccccc4O6)c3)nc(-c3ccccc3)n2)cc1. The van der Waals surface area contributed by atoms with Gasteiger partial charge in [-0.25, -0.2) is 9.97 Å². The van der Waals surface area contributed by atoms with Gasteiger partial charge < -0.3 is 9.47 Å². The highest BCUT2D eigenvalue weighted by Crippen LogP contribution is 2.65. The summed E-state index contributed by atoms with van der Waals surface area (Å²) in [5, 5.41) is 0. The molecule has 1 aliphatic heterocycles. The van der Waals surface area contributed by atoms with E-state index in [1.807, 2.05) is 60.7 Å². The van der Waals surface area contributed by atoms with Crippen molar-refractivity contribution in [1.29, 1.82) is 0 Å². The second-order valence-electron chi connectivity index (χ2n) is 14.9. The van der Waals surface area contributed by atoms with Gasteiger partial charge in [0.05, 0.1) is 16.8 Å². The van der Waals surface area contributed by atoms with Gasteiger partial charge in [-0.3, -0.25) is 0 Å². The topological polar surface area (TPSA) is 44.2 Å². The molecule has 0 saturated heterocycles. The third-order valence-electron chi connectivity index (χ3n) is 11.8. The van der Waals surface area contributed by atoms with Crippen LogP contribution >= 0.6 is 0 Å². The zero-order valence-corrected chi connectivity index (χ0v) is 30.7. The van der Waals surface area contributed by atoms with Crippen molar-refractivity contribution < 1.29 is 9.47 Å². The minimum Gasteiger partial charge on any atom is -0.450 e. The number of para-hydroxylation sites is 2. The number of ether oxygens (including phenoxy) is 2. The number of benzene rings is 8. The summed E-state index contributed by atoms with van der Waals surface area (Å²) in [7, 11) is 0. The summed E-state index contributed by atoms with van der Waals surface area (Å²) in [5.74, 6) is 3.59. The zero-order chi connectivity index (χ0) is 37.5. The molecule has 1 spiro atoms. The van der Waals surface area contributed by atoms with Crippen molar-refractivity contribution in [3.63, 3.8) is 0 Å². The molecule has 0 radical (unpaired) electrons. The van der Waals surface area contributed by atoms with Gasteiger partial charge >= 0.3 is 0 Å². The lowest BCUT2D eigenvalue weighted by Crippen LogP contribution is -2.26. The molecule has 9 aromatic rings. The van der Waals surface area contributed by atoms with E-state index in [4.69, 9.17) is 19.4 Å². The molecule has 266 valence electrons. The van der Waals surface area contributed by atoms with Gasteiger partial charge in [0.15, 0.2) is 28.8 Å². The van der Waals surface area contributed by atoms with Crippen LogP contribution in [-0.4, -0.2) is 9.97 Å². The van der Waals surface area contributed by atoms with Gasteiger partial charge in [-0.05, 0) is 98.1 Å². The zero-order valence-electron chi connectivity index (χ0n) is 30.7. The fourth-order valence-electron chi connectivity index (χ4n) is 9.26. The molecule has 4 heteroatoms. The summed E-state index contributed by atoms with van der Waals surface area (Å²) >= 11 is 0. The molecule has 0 atom stereocenters. The predicted molar refractivity (Wildman–Crippen MR) is 227 cm³/mol. The van der Waals surface area contributed by atoms with Gasteiger partial charge in [0.1, 0.15) is 0 Å². The fourth-order valence-corrected chi connectivity index (χ4v) is 9.26. The predicted octanol–water partition coefficient (Wildman–Crippen LogP) is 13.4. The maximum atomic E-state index is 6.57. The van der Waals surface area contributed by atoms with E-state index in [9.17, 15) is 0 Å². The van der Waals surface area contributed by atoms with E-state index < -0.39 is 5.41 Å². The molecule has 0 amide bonds. The molecule has 57 heavy (non-hydrogen) atoms. The first kappa shape index (κ1) is 31.8. The van der Waals surface area contributed by atoms with Crippen LogP contribution in [0, 0.1) is 0 Å². The molecule has 12 rings (SSSR count). The lowest BCUT2D eigenvalue weighted by atomic mass is 9.70. The summed E-state index contributed by atoms with van der Waals surface area (Å²) in [6.45, 7) is 0. The Hall–Kier alpha value is -7.56. The molecule has 0 saturated carbocycles. The number of nitrogens with zero attached hydrogens (tertiary/aromatic N) is 2. The monoisotopic (exact) mass is 728 g/mol. The molecule has 0 unspecified atom stereocenters. The lowest BCUT2D eigenvalue weighted by molar-refractivity contribution is 0.359. The molecule has 2 heterocycles. The van der Waals surface area contributed by atoms with Crippen molar-refractivity contribution >= 4 is 0 Å². The Balaban J connectivity index is 1.05. The summed E-state index contributed by atoms with van der Waals surface area (Å²) in [4.78, 5) is 10.2. The Morgan fingerprint density at radius 2 is 0.807 bits per heavy atom. The van der Waals surface area contributed by atoms with Crippen molar-refractivity contribution in [3.05, 3.63) is 216 Å². The highest BCUT2D eigenvalue weighted by atomic mass is 16.6. The molecule has 1 aromatic heterocycles. The van der Waals surface area contributed by atoms with Crippen molar-refractivity contribution in [3.8, 4) is 90.3 Å². The largest absolute Gasteiger partial charge is 0.450 e. The first-order valence-corrected chi connectivity index (χ1v) is 19.3. The van der Waals surface area contributed by atoms with E-state index in [0.717, 1.165) is 67.8 Å². The molecular weight excluding hydrogens is 697 g/mol. The van der Waals surface area contributed by atoms with Crippen LogP contribution < -0.4 is 9.47 Å². The van der Waals surface area contributed by atoms with E-state index in [-0.39, 0.29) is 0 Å². The summed E-state index contributed by atoms with van der Waals surface area (Å²) in [6.07, 6.45) is 0. The Morgan fingerprint density at radius 3 is 1.51 bits per heavy atom. The van der Waals surface area contributed by atoms with Crippen LogP contribution in [-0.2, 0) is 5.41 Å². The van der Waals surface area contributed by atoms with Crippen molar-refractivity contribution in [1.82, 2.24) is 9.97 Å². The minimum absolute atomic E-state index is 0.553. The third kappa shape index (κ3) is 4.74. The fraction of sp³-hybridized carbons (Fsp3) is 0.0189. The first-order chi connectivity index (χ1) is 28.2. The van der Waals surface area contributed by atoms with Crippen LogP contribution in [0.3, 0.4) is 0 Å². The smallest absolute Gasteiger partial charge is 0.170 e. The second kappa shape index (κ2) is 12.2. The average Bonchev–Trinajstić information content (AvgIpc) is 3.74. The van der Waals surface area contributed by atoms with Gasteiger partial charge in [0.25, 0.3) is 0 Å². The van der Waals surface area contributed by atoms with Gasteiger partial charge in [0.2, 0.25) is 0 Å². The minimum atomic E-state index is -0.553. The van der Waals surface area contributed by atoms with Crippen LogP contribution in [0.4, 0.5) is 0 Å². The number of hydrogen-bond acceptors (Lipinski definition) is 4. The Labute approximate surface area is 330 Å². The van der Waals surface area contributed by atoms with Crippen LogP contribution in [0.5, 0.6) is 23.0 Å². The Morgan fingerprint density at radius 1 is 0.298 bits per heavy atom. The highest BCUT2D eigenvalue weighted by molar-refractivity contribution is 5.97. The summed E-state index contributed by atoms with van der Waals surface area (Å²) in [5.41, 5.74) is 16.4. The second-order valence-corrected chi connectivity index (χ2v) is 14.9. The van der Waals surface area contributed by atoms with Crippen LogP contribution in [0.15, 0.2) is 194 Å². The molecular formula is C53H32N2O2. The number of hydrogen-bond donors (Lipinski definition) is 0. The van der Waals surface area contributed by atoms with Crippen LogP contribution in [0.1, 0.15) is 22.3 Å². The quantitative estimate of drug-likeness (QED) is 0.181. The van der Waals surface area contributed by atoms with Crippen molar-refractivity contribution in [2.45, 2.75) is 5.41 Å². The number of rotatable bonds is 4. The lowest BCUT2D eigenvalue weighted by Gasteiger charge is -2.31. The number of aromatic nitrogens is 2. The van der Waals surface area contributed by atoms with E-state index in [0.29, 0.717) is 5.82 Å². The molecule has 3 aliphatic rings. The molecule has 0 N–H and O–H groups in total. The van der Waals surface area contributed by atoms with E-state index in [1.165, 1.54) is 38.9 Å². The normalized spacial score (nSPS) is 13.3.